The van der Waals surface area contributed by atoms with Crippen LogP contribution in [0.15, 0.2) is 4.99 Å². The molecular weight excluding hydrogens is 232 g/mol. The maximum Gasteiger partial charge on any atom is 0.156 e. The molecule has 0 saturated heterocycles. The van der Waals surface area contributed by atoms with Crippen molar-refractivity contribution in [2.75, 3.05) is 26.8 Å². The van der Waals surface area contributed by atoms with Crippen LogP contribution in [0.4, 0.5) is 0 Å². The van der Waals surface area contributed by atoms with Crippen molar-refractivity contribution in [1.82, 2.24) is 5.32 Å². The lowest BCUT2D eigenvalue weighted by Gasteiger charge is -2.25. The normalized spacial score (nSPS) is 24.9. The topological polar surface area (TPSA) is 33.6 Å². The summed E-state index contributed by atoms with van der Waals surface area (Å²) >= 11 is 1.95. The quantitative estimate of drug-likeness (QED) is 0.793. The number of amidine groups is 1. The number of ether oxygens (including phenoxy) is 1. The van der Waals surface area contributed by atoms with E-state index >= 15 is 0 Å². The van der Waals surface area contributed by atoms with Gasteiger partial charge in [0.05, 0.1) is 6.54 Å². The lowest BCUT2D eigenvalue weighted by molar-refractivity contribution is 0.153. The second-order valence-electron chi connectivity index (χ2n) is 5.90. The van der Waals surface area contributed by atoms with Crippen LogP contribution in [-0.2, 0) is 4.74 Å². The van der Waals surface area contributed by atoms with Crippen LogP contribution in [-0.4, -0.2) is 37.2 Å². The van der Waals surface area contributed by atoms with Crippen molar-refractivity contribution in [3.8, 4) is 0 Å². The lowest BCUT2D eigenvalue weighted by Crippen LogP contribution is -2.33. The van der Waals surface area contributed by atoms with E-state index in [0.29, 0.717) is 0 Å². The minimum atomic E-state index is 0.275. The summed E-state index contributed by atoms with van der Waals surface area (Å²) in [5, 5.41) is 5.42. The molecule has 1 aliphatic heterocycles. The number of hydrogen-bond donors (Lipinski definition) is 1. The second-order valence-corrected chi connectivity index (χ2v) is 7.13. The first kappa shape index (κ1) is 13.2. The van der Waals surface area contributed by atoms with E-state index < -0.39 is 0 Å². The van der Waals surface area contributed by atoms with Crippen LogP contribution >= 0.6 is 11.8 Å². The van der Waals surface area contributed by atoms with Gasteiger partial charge in [-0.15, -0.1) is 0 Å². The Kier molecular flexibility index (Phi) is 4.36. The molecular formula is C13H24N2OS. The molecule has 2 rings (SSSR count). The Hall–Kier alpha value is -0.220. The molecule has 1 atom stereocenters. The molecule has 0 radical (unpaired) electrons. The Morgan fingerprint density at radius 3 is 2.88 bits per heavy atom. The summed E-state index contributed by atoms with van der Waals surface area (Å²) < 4.78 is 5.14. The first-order chi connectivity index (χ1) is 8.11. The smallest absolute Gasteiger partial charge is 0.156 e. The van der Waals surface area contributed by atoms with Gasteiger partial charge in [-0.25, -0.2) is 0 Å². The van der Waals surface area contributed by atoms with Crippen molar-refractivity contribution in [3.63, 3.8) is 0 Å². The molecule has 0 spiro atoms. The summed E-state index contributed by atoms with van der Waals surface area (Å²) in [5.41, 5.74) is 0.275. The molecule has 1 unspecified atom stereocenters. The average molecular weight is 256 g/mol. The summed E-state index contributed by atoms with van der Waals surface area (Å²) in [6, 6.07) is 0. The van der Waals surface area contributed by atoms with Gasteiger partial charge in [-0.2, -0.15) is 0 Å². The van der Waals surface area contributed by atoms with Crippen LogP contribution in [0.3, 0.4) is 0 Å². The van der Waals surface area contributed by atoms with Gasteiger partial charge in [0.1, 0.15) is 0 Å². The molecule has 1 saturated carbocycles. The summed E-state index contributed by atoms with van der Waals surface area (Å²) in [6.45, 7) is 7.39. The van der Waals surface area contributed by atoms with Crippen LogP contribution < -0.4 is 5.32 Å². The highest BCUT2D eigenvalue weighted by Gasteiger charge is 2.35. The van der Waals surface area contributed by atoms with E-state index in [-0.39, 0.29) is 5.41 Å². The van der Waals surface area contributed by atoms with Gasteiger partial charge in [0.2, 0.25) is 0 Å². The molecule has 0 bridgehead atoms. The zero-order valence-corrected chi connectivity index (χ0v) is 12.0. The molecule has 0 aromatic rings. The number of nitrogens with one attached hydrogen (secondary N) is 1. The zero-order chi connectivity index (χ0) is 12.3. The van der Waals surface area contributed by atoms with Crippen LogP contribution in [0.25, 0.3) is 0 Å². The monoisotopic (exact) mass is 256 g/mol. The van der Waals surface area contributed by atoms with Crippen LogP contribution in [0.2, 0.25) is 0 Å². The van der Waals surface area contributed by atoms with Gasteiger partial charge in [-0.1, -0.05) is 25.6 Å². The molecule has 0 amide bonds. The summed E-state index contributed by atoms with van der Waals surface area (Å²) in [6.07, 6.45) is 3.92. The number of rotatable bonds is 6. The minimum absolute atomic E-state index is 0.275. The molecule has 3 nitrogen and oxygen atoms in total. The fourth-order valence-corrected chi connectivity index (χ4v) is 3.19. The van der Waals surface area contributed by atoms with Gasteiger partial charge in [0, 0.05) is 25.5 Å². The predicted octanol–water partition coefficient (Wildman–Crippen LogP) is 2.52. The van der Waals surface area contributed by atoms with Gasteiger partial charge >= 0.3 is 0 Å². The van der Waals surface area contributed by atoms with Crippen molar-refractivity contribution in [2.45, 2.75) is 38.4 Å². The third-order valence-corrected chi connectivity index (χ3v) is 4.86. The second kappa shape index (κ2) is 5.61. The Labute approximate surface area is 109 Å². The first-order valence-electron chi connectivity index (χ1n) is 6.55. The summed E-state index contributed by atoms with van der Waals surface area (Å²) in [4.78, 5) is 4.60. The molecule has 1 fully saturated rings. The highest BCUT2D eigenvalue weighted by Crippen LogP contribution is 2.41. The molecule has 2 aliphatic rings. The zero-order valence-electron chi connectivity index (χ0n) is 11.2. The van der Waals surface area contributed by atoms with Gasteiger partial charge in [0.15, 0.2) is 5.17 Å². The number of nitrogens with zero attached hydrogens (tertiary/aromatic N) is 1. The first-order valence-corrected chi connectivity index (χ1v) is 7.42. The standard InChI is InChI=1S/C13H24N2OS/c1-13(2,6-7-16-3)9-15-12-14-8-11(17-12)10-4-5-10/h10-11H,4-9H2,1-3H3,(H,14,15). The van der Waals surface area contributed by atoms with Gasteiger partial charge in [0.25, 0.3) is 0 Å². The Balaban J connectivity index is 1.67. The van der Waals surface area contributed by atoms with Crippen molar-refractivity contribution in [2.24, 2.45) is 16.3 Å². The lowest BCUT2D eigenvalue weighted by atomic mass is 9.90. The number of aliphatic imine (C=N–C) groups is 1. The molecule has 17 heavy (non-hydrogen) atoms. The molecule has 98 valence electrons. The number of thioether (sulfide) groups is 1. The van der Waals surface area contributed by atoms with Crippen LogP contribution in [0.5, 0.6) is 0 Å². The molecule has 1 N–H and O–H groups in total. The fraction of sp³-hybridized carbons (Fsp3) is 0.923. The predicted molar refractivity (Wildman–Crippen MR) is 74.7 cm³/mol. The van der Waals surface area contributed by atoms with Gasteiger partial charge in [-0.05, 0) is 30.6 Å². The Morgan fingerprint density at radius 2 is 2.24 bits per heavy atom. The third-order valence-electron chi connectivity index (χ3n) is 3.53. The van der Waals surface area contributed by atoms with Crippen molar-refractivity contribution >= 4 is 16.9 Å². The maximum absolute atomic E-state index is 5.14. The molecule has 1 aliphatic carbocycles. The molecule has 0 aromatic heterocycles. The van der Waals surface area contributed by atoms with Crippen molar-refractivity contribution < 1.29 is 4.74 Å². The van der Waals surface area contributed by atoms with E-state index in [2.05, 4.69) is 24.2 Å². The SMILES string of the molecule is COCCC(C)(C)CNC1=NCC(C2CC2)S1. The van der Waals surface area contributed by atoms with E-state index in [1.165, 1.54) is 12.8 Å². The third kappa shape index (κ3) is 4.18. The summed E-state index contributed by atoms with van der Waals surface area (Å²) in [7, 11) is 1.76. The molecule has 0 aromatic carbocycles. The molecule has 1 heterocycles. The minimum Gasteiger partial charge on any atom is -0.385 e. The Bertz CT molecular complexity index is 287. The Morgan fingerprint density at radius 1 is 1.47 bits per heavy atom. The fourth-order valence-electron chi connectivity index (χ4n) is 1.98. The van der Waals surface area contributed by atoms with Gasteiger partial charge < -0.3 is 10.1 Å². The number of methoxy groups -OCH3 is 1. The maximum atomic E-state index is 5.14. The van der Waals surface area contributed by atoms with E-state index in [1.54, 1.807) is 7.11 Å². The van der Waals surface area contributed by atoms with Crippen molar-refractivity contribution in [1.29, 1.82) is 0 Å². The number of hydrogen-bond acceptors (Lipinski definition) is 4. The van der Waals surface area contributed by atoms with Crippen molar-refractivity contribution in [3.05, 3.63) is 0 Å². The molecule has 4 heteroatoms. The van der Waals surface area contributed by atoms with E-state index in [0.717, 1.165) is 42.5 Å². The van der Waals surface area contributed by atoms with E-state index in [9.17, 15) is 0 Å². The summed E-state index contributed by atoms with van der Waals surface area (Å²) in [5.74, 6) is 0.949. The van der Waals surface area contributed by atoms with E-state index in [1.807, 2.05) is 11.8 Å². The largest absolute Gasteiger partial charge is 0.385 e. The highest BCUT2D eigenvalue weighted by molar-refractivity contribution is 8.14. The van der Waals surface area contributed by atoms with Gasteiger partial charge in [-0.3, -0.25) is 4.99 Å². The van der Waals surface area contributed by atoms with E-state index in [4.69, 9.17) is 4.74 Å². The average Bonchev–Trinajstić information content (AvgIpc) is 3.04. The van der Waals surface area contributed by atoms with Crippen LogP contribution in [0.1, 0.15) is 33.1 Å². The highest BCUT2D eigenvalue weighted by atomic mass is 32.2. The van der Waals surface area contributed by atoms with Crippen LogP contribution in [0, 0.1) is 11.3 Å².